The van der Waals surface area contributed by atoms with Gasteiger partial charge in [0.1, 0.15) is 5.82 Å². The van der Waals surface area contributed by atoms with E-state index < -0.39 is 0 Å². The predicted molar refractivity (Wildman–Crippen MR) is 126 cm³/mol. The molecule has 160 valence electrons. The lowest BCUT2D eigenvalue weighted by atomic mass is 9.77. The minimum atomic E-state index is -0.244. The van der Waals surface area contributed by atoms with E-state index in [1.165, 1.54) is 81.9 Å². The van der Waals surface area contributed by atoms with Crippen LogP contribution in [-0.4, -0.2) is 12.4 Å². The molecule has 30 heavy (non-hydrogen) atoms. The maximum absolute atomic E-state index is 12.9. The molecule has 0 aliphatic heterocycles. The fourth-order valence-corrected chi connectivity index (χ4v) is 4.42. The van der Waals surface area contributed by atoms with Crippen molar-refractivity contribution in [3.8, 4) is 0 Å². The molecule has 0 saturated heterocycles. The lowest BCUT2D eigenvalue weighted by Crippen LogP contribution is -2.13. The van der Waals surface area contributed by atoms with Crippen molar-refractivity contribution in [3.63, 3.8) is 0 Å². The zero-order chi connectivity index (χ0) is 21.0. The molecule has 1 aliphatic rings. The van der Waals surface area contributed by atoms with Crippen LogP contribution in [0.2, 0.25) is 0 Å². The quantitative estimate of drug-likeness (QED) is 0.217. The van der Waals surface area contributed by atoms with E-state index in [1.807, 2.05) is 0 Å². The first-order valence-corrected chi connectivity index (χ1v) is 11.7. The van der Waals surface area contributed by atoms with Crippen molar-refractivity contribution < 1.29 is 4.39 Å². The van der Waals surface area contributed by atoms with Gasteiger partial charge in [-0.05, 0) is 66.3 Å². The van der Waals surface area contributed by atoms with Gasteiger partial charge in [-0.3, -0.25) is 0 Å². The van der Waals surface area contributed by atoms with Gasteiger partial charge in [-0.25, -0.2) is 4.39 Å². The third-order valence-corrected chi connectivity index (χ3v) is 6.32. The summed E-state index contributed by atoms with van der Waals surface area (Å²) in [6.45, 7) is 2.28. The summed E-state index contributed by atoms with van der Waals surface area (Å²) in [5.74, 6) is 1.42. The molecule has 2 aromatic carbocycles. The van der Waals surface area contributed by atoms with Gasteiger partial charge in [0.25, 0.3) is 0 Å². The Bertz CT molecular complexity index is 785. The SMILES string of the molecule is CCCCCCCC1CCC(c2ccc(/C=N/N=C/c3ccc(F)cc3)cc2)CC1. The van der Waals surface area contributed by atoms with E-state index in [0.717, 1.165) is 17.0 Å². The third kappa shape index (κ3) is 7.51. The highest BCUT2D eigenvalue weighted by Gasteiger charge is 2.21. The molecule has 2 nitrogen and oxygen atoms in total. The summed E-state index contributed by atoms with van der Waals surface area (Å²) in [5, 5.41) is 8.16. The first-order valence-electron chi connectivity index (χ1n) is 11.7. The molecule has 0 radical (unpaired) electrons. The second kappa shape index (κ2) is 12.4. The van der Waals surface area contributed by atoms with Crippen molar-refractivity contribution >= 4 is 12.4 Å². The summed E-state index contributed by atoms with van der Waals surface area (Å²) < 4.78 is 12.9. The molecule has 0 amide bonds. The molecule has 0 spiro atoms. The molecule has 3 heteroatoms. The second-order valence-corrected chi connectivity index (χ2v) is 8.63. The average molecular weight is 407 g/mol. The minimum absolute atomic E-state index is 0.244. The molecule has 1 fully saturated rings. The molecule has 1 aliphatic carbocycles. The molecule has 0 bridgehead atoms. The molecule has 0 heterocycles. The summed E-state index contributed by atoms with van der Waals surface area (Å²) in [4.78, 5) is 0. The van der Waals surface area contributed by atoms with Crippen LogP contribution in [0.15, 0.2) is 58.7 Å². The molecular weight excluding hydrogens is 371 g/mol. The van der Waals surface area contributed by atoms with Gasteiger partial charge in [0, 0.05) is 0 Å². The van der Waals surface area contributed by atoms with Gasteiger partial charge < -0.3 is 0 Å². The lowest BCUT2D eigenvalue weighted by Gasteiger charge is -2.29. The summed E-state index contributed by atoms with van der Waals surface area (Å²) in [6, 6.07) is 15.0. The monoisotopic (exact) mass is 406 g/mol. The first kappa shape index (κ1) is 22.4. The number of rotatable bonds is 10. The Morgan fingerprint density at radius 2 is 1.33 bits per heavy atom. The minimum Gasteiger partial charge on any atom is -0.207 e. The highest BCUT2D eigenvalue weighted by atomic mass is 19.1. The normalized spacial score (nSPS) is 19.7. The van der Waals surface area contributed by atoms with Crippen LogP contribution in [-0.2, 0) is 0 Å². The van der Waals surface area contributed by atoms with Gasteiger partial charge in [-0.15, -0.1) is 0 Å². The largest absolute Gasteiger partial charge is 0.207 e. The molecule has 0 atom stereocenters. The number of hydrogen-bond donors (Lipinski definition) is 0. The molecule has 0 N–H and O–H groups in total. The molecule has 2 aromatic rings. The molecule has 0 aromatic heterocycles. The number of halogens is 1. The number of nitrogens with zero attached hydrogens (tertiary/aromatic N) is 2. The van der Waals surface area contributed by atoms with E-state index in [1.54, 1.807) is 24.6 Å². The summed E-state index contributed by atoms with van der Waals surface area (Å²) in [6.07, 6.45) is 17.3. The predicted octanol–water partition coefficient (Wildman–Crippen LogP) is 7.91. The maximum Gasteiger partial charge on any atom is 0.123 e. The Labute approximate surface area is 181 Å². The summed E-state index contributed by atoms with van der Waals surface area (Å²) in [7, 11) is 0. The van der Waals surface area contributed by atoms with Crippen LogP contribution in [0.1, 0.15) is 93.7 Å². The summed E-state index contributed by atoms with van der Waals surface area (Å²) in [5.41, 5.74) is 3.35. The molecule has 1 saturated carbocycles. The standard InChI is InChI=1S/C27H35FN2/c1-2-3-4-5-6-7-22-8-14-25(15-9-22)26-16-10-23(11-17-26)20-29-30-21-24-12-18-27(28)19-13-24/h10-13,16-22,25H,2-9,14-15H2,1H3/b29-20+,30-21+. The van der Waals surface area contributed by atoms with E-state index in [9.17, 15) is 4.39 Å². The van der Waals surface area contributed by atoms with Crippen LogP contribution in [0.25, 0.3) is 0 Å². The molecule has 3 rings (SSSR count). The Kier molecular flexibility index (Phi) is 9.27. The van der Waals surface area contributed by atoms with Crippen LogP contribution in [0.4, 0.5) is 4.39 Å². The highest BCUT2D eigenvalue weighted by Crippen LogP contribution is 2.37. The van der Waals surface area contributed by atoms with Crippen LogP contribution in [0, 0.1) is 11.7 Å². The van der Waals surface area contributed by atoms with Crippen LogP contribution >= 0.6 is 0 Å². The van der Waals surface area contributed by atoms with Gasteiger partial charge >= 0.3 is 0 Å². The van der Waals surface area contributed by atoms with E-state index in [0.29, 0.717) is 5.92 Å². The van der Waals surface area contributed by atoms with Crippen molar-refractivity contribution in [2.45, 2.75) is 77.0 Å². The Morgan fingerprint density at radius 3 is 1.93 bits per heavy atom. The van der Waals surface area contributed by atoms with Crippen LogP contribution < -0.4 is 0 Å². The number of benzene rings is 2. The van der Waals surface area contributed by atoms with Gasteiger partial charge in [-0.1, -0.05) is 81.8 Å². The zero-order valence-corrected chi connectivity index (χ0v) is 18.3. The fraction of sp³-hybridized carbons (Fsp3) is 0.481. The Morgan fingerprint density at radius 1 is 0.767 bits per heavy atom. The van der Waals surface area contributed by atoms with Crippen molar-refractivity contribution in [2.24, 2.45) is 16.1 Å². The lowest BCUT2D eigenvalue weighted by molar-refractivity contribution is 0.302. The maximum atomic E-state index is 12.9. The summed E-state index contributed by atoms with van der Waals surface area (Å²) >= 11 is 0. The van der Waals surface area contributed by atoms with E-state index >= 15 is 0 Å². The number of unbranched alkanes of at least 4 members (excludes halogenated alkanes) is 4. The van der Waals surface area contributed by atoms with Crippen LogP contribution in [0.3, 0.4) is 0 Å². The third-order valence-electron chi connectivity index (χ3n) is 6.32. The van der Waals surface area contributed by atoms with Gasteiger partial charge in [0.15, 0.2) is 0 Å². The van der Waals surface area contributed by atoms with E-state index in [4.69, 9.17) is 0 Å². The van der Waals surface area contributed by atoms with Gasteiger partial charge in [0.05, 0.1) is 12.4 Å². The molecule has 0 unspecified atom stereocenters. The molecular formula is C27H35FN2. The van der Waals surface area contributed by atoms with Crippen molar-refractivity contribution in [1.82, 2.24) is 0 Å². The fourth-order valence-electron chi connectivity index (χ4n) is 4.42. The van der Waals surface area contributed by atoms with E-state index in [2.05, 4.69) is 41.4 Å². The zero-order valence-electron chi connectivity index (χ0n) is 18.3. The van der Waals surface area contributed by atoms with E-state index in [-0.39, 0.29) is 5.82 Å². The van der Waals surface area contributed by atoms with Crippen molar-refractivity contribution in [3.05, 3.63) is 71.0 Å². The number of hydrogen-bond acceptors (Lipinski definition) is 2. The first-order chi connectivity index (χ1) is 14.7. The highest BCUT2D eigenvalue weighted by molar-refractivity contribution is 5.82. The van der Waals surface area contributed by atoms with Crippen molar-refractivity contribution in [2.75, 3.05) is 0 Å². The Balaban J connectivity index is 1.40. The topological polar surface area (TPSA) is 24.7 Å². The Hall–Kier alpha value is -2.29. The average Bonchev–Trinajstić information content (AvgIpc) is 2.79. The second-order valence-electron chi connectivity index (χ2n) is 8.63. The van der Waals surface area contributed by atoms with Gasteiger partial charge in [-0.2, -0.15) is 10.2 Å². The smallest absolute Gasteiger partial charge is 0.123 e. The van der Waals surface area contributed by atoms with Gasteiger partial charge in [0.2, 0.25) is 0 Å². The van der Waals surface area contributed by atoms with Crippen LogP contribution in [0.5, 0.6) is 0 Å². The van der Waals surface area contributed by atoms with Crippen molar-refractivity contribution in [1.29, 1.82) is 0 Å².